The second-order valence-corrected chi connectivity index (χ2v) is 4.09. The van der Waals surface area contributed by atoms with Gasteiger partial charge in [0.25, 0.3) is 0 Å². The van der Waals surface area contributed by atoms with Crippen molar-refractivity contribution in [3.63, 3.8) is 0 Å². The number of likely N-dealkylation sites (N-methyl/N-ethyl adjacent to an activating group) is 1. The Labute approximate surface area is 104 Å². The molecule has 0 aliphatic heterocycles. The molecule has 1 heterocycles. The molecule has 5 nitrogen and oxygen atoms in total. The molecule has 0 bridgehead atoms. The van der Waals surface area contributed by atoms with Crippen molar-refractivity contribution in [3.05, 3.63) is 40.7 Å². The van der Waals surface area contributed by atoms with Crippen molar-refractivity contribution in [2.75, 3.05) is 20.2 Å². The smallest absolute Gasteiger partial charge is 0.248 e. The summed E-state index contributed by atoms with van der Waals surface area (Å²) < 4.78 is 5.48. The van der Waals surface area contributed by atoms with Gasteiger partial charge in [0.2, 0.25) is 5.56 Å². The SMILES string of the molecule is CNC[C@@H](O)COc1ccc2[nH]c(=O)ccc2c1. The molecule has 0 unspecified atom stereocenters. The molecule has 0 saturated heterocycles. The molecular formula is C13H16N2O3. The molecule has 2 aromatic rings. The minimum atomic E-state index is -0.540. The first-order chi connectivity index (χ1) is 8.69. The molecule has 0 fully saturated rings. The molecule has 0 amide bonds. The molecule has 0 saturated carbocycles. The van der Waals surface area contributed by atoms with Crippen LogP contribution in [0.25, 0.3) is 10.9 Å². The van der Waals surface area contributed by atoms with E-state index < -0.39 is 6.10 Å². The number of pyridine rings is 1. The Bertz CT molecular complexity index is 580. The van der Waals surface area contributed by atoms with E-state index >= 15 is 0 Å². The van der Waals surface area contributed by atoms with Crippen molar-refractivity contribution in [1.29, 1.82) is 0 Å². The van der Waals surface area contributed by atoms with Crippen LogP contribution in [-0.4, -0.2) is 36.4 Å². The molecule has 96 valence electrons. The van der Waals surface area contributed by atoms with Gasteiger partial charge in [0.15, 0.2) is 0 Å². The highest BCUT2D eigenvalue weighted by molar-refractivity contribution is 5.79. The molecule has 5 heteroatoms. The van der Waals surface area contributed by atoms with Crippen molar-refractivity contribution in [3.8, 4) is 5.75 Å². The molecule has 1 aromatic carbocycles. The summed E-state index contributed by atoms with van der Waals surface area (Å²) in [4.78, 5) is 13.9. The third-order valence-electron chi connectivity index (χ3n) is 2.58. The molecular weight excluding hydrogens is 232 g/mol. The highest BCUT2D eigenvalue weighted by Crippen LogP contribution is 2.18. The maximum absolute atomic E-state index is 11.1. The Morgan fingerprint density at radius 2 is 2.22 bits per heavy atom. The molecule has 3 N–H and O–H groups in total. The lowest BCUT2D eigenvalue weighted by molar-refractivity contribution is 0.108. The van der Waals surface area contributed by atoms with Gasteiger partial charge < -0.3 is 20.1 Å². The van der Waals surface area contributed by atoms with Crippen LogP contribution >= 0.6 is 0 Å². The zero-order valence-corrected chi connectivity index (χ0v) is 10.1. The fraction of sp³-hybridized carbons (Fsp3) is 0.308. The van der Waals surface area contributed by atoms with Gasteiger partial charge in [0, 0.05) is 23.5 Å². The monoisotopic (exact) mass is 248 g/mol. The fourth-order valence-corrected chi connectivity index (χ4v) is 1.71. The number of aromatic nitrogens is 1. The second kappa shape index (κ2) is 5.66. The number of nitrogens with one attached hydrogen (secondary N) is 2. The van der Waals surface area contributed by atoms with Crippen molar-refractivity contribution in [2.45, 2.75) is 6.10 Å². The quantitative estimate of drug-likeness (QED) is 0.720. The van der Waals surface area contributed by atoms with Crippen LogP contribution in [0.2, 0.25) is 0 Å². The number of aliphatic hydroxyl groups excluding tert-OH is 1. The molecule has 2 rings (SSSR count). The van der Waals surface area contributed by atoms with Crippen molar-refractivity contribution in [2.24, 2.45) is 0 Å². The van der Waals surface area contributed by atoms with Gasteiger partial charge >= 0.3 is 0 Å². The van der Waals surface area contributed by atoms with Crippen LogP contribution in [0.5, 0.6) is 5.75 Å². The summed E-state index contributed by atoms with van der Waals surface area (Å²) in [5, 5.41) is 13.3. The van der Waals surface area contributed by atoms with Gasteiger partial charge in [0.1, 0.15) is 18.5 Å². The molecule has 0 radical (unpaired) electrons. The highest BCUT2D eigenvalue weighted by atomic mass is 16.5. The summed E-state index contributed by atoms with van der Waals surface area (Å²) in [6.45, 7) is 0.719. The topological polar surface area (TPSA) is 74.3 Å². The maximum Gasteiger partial charge on any atom is 0.248 e. The van der Waals surface area contributed by atoms with Gasteiger partial charge in [-0.3, -0.25) is 4.79 Å². The molecule has 1 atom stereocenters. The van der Waals surface area contributed by atoms with E-state index in [1.807, 2.05) is 6.07 Å². The van der Waals surface area contributed by atoms with E-state index in [1.165, 1.54) is 6.07 Å². The Kier molecular flexibility index (Phi) is 3.96. The van der Waals surface area contributed by atoms with Crippen LogP contribution in [0, 0.1) is 0 Å². The summed E-state index contributed by atoms with van der Waals surface area (Å²) in [6.07, 6.45) is -0.540. The summed E-state index contributed by atoms with van der Waals surface area (Å²) in [6, 6.07) is 8.60. The largest absolute Gasteiger partial charge is 0.491 e. The lowest BCUT2D eigenvalue weighted by atomic mass is 10.2. The first-order valence-electron chi connectivity index (χ1n) is 5.77. The number of fused-ring (bicyclic) bond motifs is 1. The normalized spacial score (nSPS) is 12.6. The van der Waals surface area contributed by atoms with Gasteiger partial charge in [-0.05, 0) is 31.3 Å². The zero-order chi connectivity index (χ0) is 13.0. The Morgan fingerprint density at radius 1 is 1.39 bits per heavy atom. The number of rotatable bonds is 5. The first-order valence-corrected chi connectivity index (χ1v) is 5.77. The first kappa shape index (κ1) is 12.6. The Morgan fingerprint density at radius 3 is 3.00 bits per heavy atom. The third-order valence-corrected chi connectivity index (χ3v) is 2.58. The van der Waals surface area contributed by atoms with Crippen molar-refractivity contribution >= 4 is 10.9 Å². The number of hydrogen-bond donors (Lipinski definition) is 3. The van der Waals surface area contributed by atoms with E-state index in [0.717, 1.165) is 10.9 Å². The molecule has 18 heavy (non-hydrogen) atoms. The van der Waals surface area contributed by atoms with E-state index in [9.17, 15) is 9.90 Å². The molecule has 0 aliphatic carbocycles. The number of hydrogen-bond acceptors (Lipinski definition) is 4. The van der Waals surface area contributed by atoms with E-state index in [4.69, 9.17) is 4.74 Å². The lowest BCUT2D eigenvalue weighted by Crippen LogP contribution is -2.29. The average molecular weight is 248 g/mol. The summed E-state index contributed by atoms with van der Waals surface area (Å²) in [7, 11) is 1.77. The number of benzene rings is 1. The van der Waals surface area contributed by atoms with Gasteiger partial charge in [-0.1, -0.05) is 0 Å². The van der Waals surface area contributed by atoms with Crippen LogP contribution in [0.1, 0.15) is 0 Å². The predicted octanol–water partition coefficient (Wildman–Crippen LogP) is 0.487. The number of ether oxygens (including phenoxy) is 1. The van der Waals surface area contributed by atoms with E-state index in [0.29, 0.717) is 12.3 Å². The van der Waals surface area contributed by atoms with Crippen LogP contribution in [0.3, 0.4) is 0 Å². The van der Waals surface area contributed by atoms with Crippen molar-refractivity contribution < 1.29 is 9.84 Å². The maximum atomic E-state index is 11.1. The van der Waals surface area contributed by atoms with E-state index in [-0.39, 0.29) is 12.2 Å². The van der Waals surface area contributed by atoms with Crippen LogP contribution in [0.15, 0.2) is 35.1 Å². The lowest BCUT2D eigenvalue weighted by Gasteiger charge is -2.12. The van der Waals surface area contributed by atoms with Crippen LogP contribution in [0.4, 0.5) is 0 Å². The third kappa shape index (κ3) is 3.09. The van der Waals surface area contributed by atoms with Gasteiger partial charge in [-0.15, -0.1) is 0 Å². The summed E-state index contributed by atoms with van der Waals surface area (Å²) >= 11 is 0. The number of aliphatic hydroxyl groups is 1. The zero-order valence-electron chi connectivity index (χ0n) is 10.1. The molecule has 1 aromatic heterocycles. The highest BCUT2D eigenvalue weighted by Gasteiger charge is 2.04. The number of aromatic amines is 1. The van der Waals surface area contributed by atoms with Crippen LogP contribution < -0.4 is 15.6 Å². The fourth-order valence-electron chi connectivity index (χ4n) is 1.71. The standard InChI is InChI=1S/C13H16N2O3/c1-14-7-10(16)8-18-11-3-4-12-9(6-11)2-5-13(17)15-12/h2-6,10,14,16H,7-8H2,1H3,(H,15,17)/t10-/m1/s1. The van der Waals surface area contributed by atoms with E-state index in [1.54, 1.807) is 25.2 Å². The van der Waals surface area contributed by atoms with E-state index in [2.05, 4.69) is 10.3 Å². The predicted molar refractivity (Wildman–Crippen MR) is 70.0 cm³/mol. The molecule has 0 spiro atoms. The van der Waals surface area contributed by atoms with Crippen LogP contribution in [-0.2, 0) is 0 Å². The van der Waals surface area contributed by atoms with Crippen molar-refractivity contribution in [1.82, 2.24) is 10.3 Å². The van der Waals surface area contributed by atoms with Gasteiger partial charge in [-0.2, -0.15) is 0 Å². The second-order valence-electron chi connectivity index (χ2n) is 4.09. The minimum Gasteiger partial charge on any atom is -0.491 e. The molecule has 0 aliphatic rings. The summed E-state index contributed by atoms with van der Waals surface area (Å²) in [5.41, 5.74) is 0.645. The Hall–Kier alpha value is -1.85. The summed E-state index contributed by atoms with van der Waals surface area (Å²) in [5.74, 6) is 0.671. The van der Waals surface area contributed by atoms with Gasteiger partial charge in [0.05, 0.1) is 0 Å². The minimum absolute atomic E-state index is 0.124. The average Bonchev–Trinajstić information content (AvgIpc) is 2.36. The van der Waals surface area contributed by atoms with Gasteiger partial charge in [-0.25, -0.2) is 0 Å². The number of H-pyrrole nitrogens is 1. The Balaban J connectivity index is 2.10.